The lowest BCUT2D eigenvalue weighted by Crippen LogP contribution is -2.26. The molecule has 1 aliphatic rings. The number of nitrogens with zero attached hydrogens (tertiary/aromatic N) is 1. The molecule has 0 spiro atoms. The number of hydrogen-bond acceptors (Lipinski definition) is 3. The van der Waals surface area contributed by atoms with E-state index in [0.29, 0.717) is 11.1 Å². The minimum Gasteiger partial charge on any atom is -0.337 e. The van der Waals surface area contributed by atoms with Crippen LogP contribution in [0.2, 0.25) is 0 Å². The predicted octanol–water partition coefficient (Wildman–Crippen LogP) is 1.53. The molecule has 2 rings (SSSR count). The van der Waals surface area contributed by atoms with E-state index in [4.69, 9.17) is 0 Å². The van der Waals surface area contributed by atoms with Gasteiger partial charge in [-0.25, -0.2) is 4.39 Å². The number of benzene rings is 1. The first kappa shape index (κ1) is 13.9. The van der Waals surface area contributed by atoms with Crippen LogP contribution in [0.3, 0.4) is 0 Å². The number of halogens is 2. The Bertz CT molecular complexity index is 615. The van der Waals surface area contributed by atoms with Gasteiger partial charge in [0.05, 0.1) is 0 Å². The number of hydrogen-bond donors (Lipinski definition) is 0. The molecular weight excluding hydrogens is 276 g/mol. The van der Waals surface area contributed by atoms with Gasteiger partial charge in [-0.1, -0.05) is 12.1 Å². The fourth-order valence-electron chi connectivity index (χ4n) is 2.03. The van der Waals surface area contributed by atoms with E-state index in [-0.39, 0.29) is 25.3 Å². The van der Waals surface area contributed by atoms with Crippen molar-refractivity contribution in [2.24, 2.45) is 0 Å². The van der Waals surface area contributed by atoms with E-state index >= 15 is 0 Å². The van der Waals surface area contributed by atoms with Crippen molar-refractivity contribution in [3.63, 3.8) is 0 Å². The first-order chi connectivity index (χ1) is 8.77. The fourth-order valence-corrected chi connectivity index (χ4v) is 2.73. The molecule has 0 aliphatic carbocycles. The highest BCUT2D eigenvalue weighted by Gasteiger charge is 2.38. The zero-order valence-corrected chi connectivity index (χ0v) is 11.1. The van der Waals surface area contributed by atoms with Crippen molar-refractivity contribution in [2.75, 3.05) is 6.54 Å². The molecule has 1 atom stereocenters. The van der Waals surface area contributed by atoms with E-state index < -0.39 is 21.4 Å². The van der Waals surface area contributed by atoms with E-state index in [1.807, 2.05) is 0 Å². The van der Waals surface area contributed by atoms with E-state index in [0.717, 1.165) is 0 Å². The van der Waals surface area contributed by atoms with Crippen LogP contribution in [0.15, 0.2) is 18.2 Å². The summed E-state index contributed by atoms with van der Waals surface area (Å²) in [6, 6.07) is 4.53. The average molecular weight is 289 g/mol. The number of amides is 1. The van der Waals surface area contributed by atoms with Crippen molar-refractivity contribution in [3.8, 4) is 0 Å². The third-order valence-electron chi connectivity index (χ3n) is 3.19. The summed E-state index contributed by atoms with van der Waals surface area (Å²) in [5, 5.41) is -1.31. The monoisotopic (exact) mass is 289 g/mol. The summed E-state index contributed by atoms with van der Waals surface area (Å²) in [6.07, 6.45) is -0.354. The Labute approximate surface area is 110 Å². The van der Waals surface area contributed by atoms with E-state index in [1.165, 1.54) is 11.0 Å². The minimum atomic E-state index is -4.71. The van der Waals surface area contributed by atoms with Crippen LogP contribution < -0.4 is 0 Å². The van der Waals surface area contributed by atoms with Gasteiger partial charge in [0.15, 0.2) is 0 Å². The highest BCUT2D eigenvalue weighted by Crippen LogP contribution is 2.22. The standard InChI is InChI=1S/C12H13F2NO3S/c1-8-2-3-9(4-11(8)13)6-15-7-10(5-12(15)16)19(14,17)18/h2-4,10H,5-7H2,1H3. The summed E-state index contributed by atoms with van der Waals surface area (Å²) in [6.45, 7) is 1.51. The van der Waals surface area contributed by atoms with Crippen molar-refractivity contribution in [1.82, 2.24) is 4.90 Å². The van der Waals surface area contributed by atoms with Crippen molar-refractivity contribution in [2.45, 2.75) is 25.1 Å². The largest absolute Gasteiger partial charge is 0.337 e. The third kappa shape index (κ3) is 3.09. The quantitative estimate of drug-likeness (QED) is 0.793. The van der Waals surface area contributed by atoms with Crippen molar-refractivity contribution in [1.29, 1.82) is 0 Å². The molecule has 0 bridgehead atoms. The van der Waals surface area contributed by atoms with Gasteiger partial charge in [-0.15, -0.1) is 3.89 Å². The molecule has 1 saturated heterocycles. The zero-order valence-electron chi connectivity index (χ0n) is 10.3. The first-order valence-corrected chi connectivity index (χ1v) is 7.18. The van der Waals surface area contributed by atoms with Crippen LogP contribution in [-0.2, 0) is 21.6 Å². The molecule has 0 saturated carbocycles. The lowest BCUT2D eigenvalue weighted by Gasteiger charge is -2.16. The van der Waals surface area contributed by atoms with Gasteiger partial charge in [0.25, 0.3) is 0 Å². The van der Waals surface area contributed by atoms with Crippen LogP contribution in [0, 0.1) is 12.7 Å². The van der Waals surface area contributed by atoms with Gasteiger partial charge >= 0.3 is 10.2 Å². The molecule has 0 radical (unpaired) electrons. The molecule has 7 heteroatoms. The summed E-state index contributed by atoms with van der Waals surface area (Å²) in [7, 11) is -4.71. The summed E-state index contributed by atoms with van der Waals surface area (Å²) < 4.78 is 47.7. The third-order valence-corrected chi connectivity index (χ3v) is 4.30. The summed E-state index contributed by atoms with van der Waals surface area (Å²) in [5.74, 6) is -0.828. The lowest BCUT2D eigenvalue weighted by atomic mass is 10.1. The number of rotatable bonds is 3. The van der Waals surface area contributed by atoms with Gasteiger partial charge < -0.3 is 4.90 Å². The molecule has 4 nitrogen and oxygen atoms in total. The maximum atomic E-state index is 13.4. The van der Waals surface area contributed by atoms with Gasteiger partial charge in [-0.3, -0.25) is 4.79 Å². The van der Waals surface area contributed by atoms with Gasteiger partial charge in [-0.2, -0.15) is 8.42 Å². The van der Waals surface area contributed by atoms with E-state index in [1.54, 1.807) is 19.1 Å². The smallest absolute Gasteiger partial charge is 0.307 e. The van der Waals surface area contributed by atoms with Gasteiger partial charge in [0.2, 0.25) is 5.91 Å². The van der Waals surface area contributed by atoms with Gasteiger partial charge in [0, 0.05) is 19.5 Å². The van der Waals surface area contributed by atoms with Crippen LogP contribution in [-0.4, -0.2) is 31.0 Å². The molecular formula is C12H13F2NO3S. The van der Waals surface area contributed by atoms with Crippen LogP contribution in [0.5, 0.6) is 0 Å². The average Bonchev–Trinajstić information content (AvgIpc) is 2.65. The Balaban J connectivity index is 2.12. The maximum absolute atomic E-state index is 13.4. The second-order valence-electron chi connectivity index (χ2n) is 4.66. The number of carbonyl (C=O) groups is 1. The van der Waals surface area contributed by atoms with Crippen LogP contribution in [0.1, 0.15) is 17.5 Å². The highest BCUT2D eigenvalue weighted by atomic mass is 32.3. The lowest BCUT2D eigenvalue weighted by molar-refractivity contribution is -0.128. The molecule has 1 aliphatic heterocycles. The van der Waals surface area contributed by atoms with Crippen LogP contribution >= 0.6 is 0 Å². The molecule has 19 heavy (non-hydrogen) atoms. The Hall–Kier alpha value is -1.50. The predicted molar refractivity (Wildman–Crippen MR) is 65.0 cm³/mol. The normalized spacial score (nSPS) is 20.1. The molecule has 1 fully saturated rings. The molecule has 1 aromatic rings. The second kappa shape index (κ2) is 4.88. The molecule has 0 aromatic heterocycles. The topological polar surface area (TPSA) is 54.5 Å². The van der Waals surface area contributed by atoms with Gasteiger partial charge in [0.1, 0.15) is 11.1 Å². The maximum Gasteiger partial charge on any atom is 0.307 e. The summed E-state index contributed by atoms with van der Waals surface area (Å²) >= 11 is 0. The molecule has 1 amide bonds. The highest BCUT2D eigenvalue weighted by molar-refractivity contribution is 7.87. The van der Waals surface area contributed by atoms with Gasteiger partial charge in [-0.05, 0) is 24.1 Å². The Morgan fingerprint density at radius 1 is 1.42 bits per heavy atom. The number of carbonyl (C=O) groups excluding carboxylic acids is 1. The van der Waals surface area contributed by atoms with Crippen molar-refractivity contribution >= 4 is 16.1 Å². The Morgan fingerprint density at radius 3 is 2.63 bits per heavy atom. The van der Waals surface area contributed by atoms with E-state index in [9.17, 15) is 21.5 Å². The molecule has 0 N–H and O–H groups in total. The molecule has 1 aromatic carbocycles. The summed E-state index contributed by atoms with van der Waals surface area (Å²) in [4.78, 5) is 12.8. The number of likely N-dealkylation sites (tertiary alicyclic amines) is 1. The number of aryl methyl sites for hydroxylation is 1. The fraction of sp³-hybridized carbons (Fsp3) is 0.417. The Morgan fingerprint density at radius 2 is 2.11 bits per heavy atom. The van der Waals surface area contributed by atoms with Crippen LogP contribution in [0.4, 0.5) is 8.28 Å². The van der Waals surface area contributed by atoms with Crippen LogP contribution in [0.25, 0.3) is 0 Å². The molecule has 104 valence electrons. The molecule has 1 heterocycles. The zero-order chi connectivity index (χ0) is 14.2. The second-order valence-corrected chi connectivity index (χ2v) is 6.28. The SMILES string of the molecule is Cc1ccc(CN2CC(S(=O)(=O)F)CC2=O)cc1F. The first-order valence-electron chi connectivity index (χ1n) is 5.73. The van der Waals surface area contributed by atoms with Crippen molar-refractivity contribution in [3.05, 3.63) is 35.1 Å². The van der Waals surface area contributed by atoms with E-state index in [2.05, 4.69) is 0 Å². The molecule has 1 unspecified atom stereocenters. The minimum absolute atomic E-state index is 0.0854. The summed E-state index contributed by atoms with van der Waals surface area (Å²) in [5.41, 5.74) is 1.04. The Kier molecular flexibility index (Phi) is 3.58. The van der Waals surface area contributed by atoms with Crippen molar-refractivity contribution < 1.29 is 21.5 Å².